The molecule has 8 rings (SSSR count). The van der Waals surface area contributed by atoms with Gasteiger partial charge in [0.05, 0.1) is 26.9 Å². The van der Waals surface area contributed by atoms with Gasteiger partial charge < -0.3 is 34.6 Å². The summed E-state index contributed by atoms with van der Waals surface area (Å²) >= 11 is 2.72. The van der Waals surface area contributed by atoms with Crippen molar-refractivity contribution in [3.05, 3.63) is 109 Å². The first-order valence-corrected chi connectivity index (χ1v) is 25.1. The molecule has 0 amide bonds. The molecule has 4 N–H and O–H groups in total. The molecule has 312 valence electrons. The molecule has 1 aliphatic heterocycles. The number of phenolic OH excluding ortho intramolecular Hbond substituents is 1. The molecule has 59 heavy (non-hydrogen) atoms. The lowest BCUT2D eigenvalue weighted by Crippen LogP contribution is -2.48. The number of aromatic hydroxyl groups is 1. The van der Waals surface area contributed by atoms with Crippen LogP contribution in [0.4, 0.5) is 0 Å². The van der Waals surface area contributed by atoms with Crippen LogP contribution in [0, 0.1) is 5.41 Å². The van der Waals surface area contributed by atoms with Gasteiger partial charge in [-0.3, -0.25) is 4.79 Å². The van der Waals surface area contributed by atoms with E-state index in [-0.39, 0.29) is 34.0 Å². The van der Waals surface area contributed by atoms with Crippen LogP contribution in [0.2, 0.25) is 18.1 Å². The molecule has 15 heteroatoms. The Labute approximate surface area is 353 Å². The monoisotopic (exact) mass is 854 g/mol. The van der Waals surface area contributed by atoms with Gasteiger partial charge in [0.15, 0.2) is 8.32 Å². The van der Waals surface area contributed by atoms with Gasteiger partial charge >= 0.3 is 5.97 Å². The molecule has 1 atom stereocenters. The number of likely N-dealkylation sites (tertiary alicyclic amines) is 1. The van der Waals surface area contributed by atoms with E-state index in [1.807, 2.05) is 33.6 Å². The fourth-order valence-corrected chi connectivity index (χ4v) is 11.4. The summed E-state index contributed by atoms with van der Waals surface area (Å²) in [6.07, 6.45) is 3.19. The van der Waals surface area contributed by atoms with Gasteiger partial charge in [0, 0.05) is 37.6 Å². The molecule has 0 radical (unpaired) electrons. The van der Waals surface area contributed by atoms with E-state index in [2.05, 4.69) is 77.6 Å². The second-order valence-electron chi connectivity index (χ2n) is 17.9. The van der Waals surface area contributed by atoms with Crippen LogP contribution in [0.3, 0.4) is 0 Å². The maximum absolute atomic E-state index is 13.4. The molecule has 1 saturated heterocycles. The van der Waals surface area contributed by atoms with Crippen LogP contribution in [0.15, 0.2) is 82.3 Å². The highest BCUT2D eigenvalue weighted by Crippen LogP contribution is 2.50. The van der Waals surface area contributed by atoms with Gasteiger partial charge in [-0.15, -0.1) is 27.8 Å². The van der Waals surface area contributed by atoms with Crippen molar-refractivity contribution in [3.63, 3.8) is 0 Å². The molecule has 5 heterocycles. The van der Waals surface area contributed by atoms with E-state index in [1.165, 1.54) is 28.7 Å². The standard InChI is InChI=1S/C44H54N6O6S2Si/c1-42(2,3)59(4,5)56-36(31-12-15-35(51)40-32(31)13-16-39(52)46-40)27-45-26-29-11-14-34-33(23-29)47-48-50(34)19-8-18-49-20-17-43(28-49)24-30(25-43)55-41(53)44(54,37-9-6-21-57-37)38-10-7-22-58-38/h6-7,9-16,21-23,30,36,45,51,54H,8,17-20,24-28H2,1-5H3,(H,46,52)/t30?,36-,43?/m0/s1. The summed E-state index contributed by atoms with van der Waals surface area (Å²) in [5, 5.41) is 39.3. The Kier molecular flexibility index (Phi) is 11.5. The summed E-state index contributed by atoms with van der Waals surface area (Å²) in [4.78, 5) is 32.0. The number of nitrogens with one attached hydrogen (secondary N) is 2. The van der Waals surface area contributed by atoms with E-state index in [1.54, 1.807) is 24.3 Å². The van der Waals surface area contributed by atoms with E-state index in [9.17, 15) is 19.8 Å². The number of aliphatic hydroxyl groups is 1. The van der Waals surface area contributed by atoms with E-state index in [4.69, 9.17) is 9.16 Å². The van der Waals surface area contributed by atoms with Crippen molar-refractivity contribution in [1.29, 1.82) is 0 Å². The summed E-state index contributed by atoms with van der Waals surface area (Å²) in [7, 11) is -2.20. The number of carbonyl (C=O) groups excluding carboxylic acids is 1. The van der Waals surface area contributed by atoms with Crippen molar-refractivity contribution < 1.29 is 24.2 Å². The van der Waals surface area contributed by atoms with Crippen LogP contribution in [0.1, 0.15) is 73.4 Å². The number of ether oxygens (including phenoxy) is 1. The molecule has 0 unspecified atom stereocenters. The Morgan fingerprint density at radius 1 is 1.05 bits per heavy atom. The van der Waals surface area contributed by atoms with E-state index < -0.39 is 19.9 Å². The van der Waals surface area contributed by atoms with Gasteiger partial charge in [0.25, 0.3) is 0 Å². The Hall–Kier alpha value is -4.22. The third-order valence-electron chi connectivity index (χ3n) is 12.7. The molecule has 12 nitrogen and oxygen atoms in total. The highest BCUT2D eigenvalue weighted by Gasteiger charge is 2.52. The number of aromatic amines is 1. The zero-order chi connectivity index (χ0) is 41.6. The molecule has 6 aromatic rings. The average Bonchev–Trinajstić information content (AvgIpc) is 4.02. The first-order chi connectivity index (χ1) is 28.1. The highest BCUT2D eigenvalue weighted by atomic mass is 32.1. The van der Waals surface area contributed by atoms with E-state index in [0.29, 0.717) is 28.4 Å². The number of hydrogen-bond acceptors (Lipinski definition) is 12. The Balaban J connectivity index is 0.835. The van der Waals surface area contributed by atoms with E-state index >= 15 is 0 Å². The molecular weight excluding hydrogens is 801 g/mol. The fraction of sp³-hybridized carbons (Fsp3) is 0.455. The van der Waals surface area contributed by atoms with Crippen LogP contribution in [0.25, 0.3) is 21.9 Å². The number of aromatic nitrogens is 4. The lowest BCUT2D eigenvalue weighted by atomic mass is 9.66. The van der Waals surface area contributed by atoms with Crippen LogP contribution in [0.5, 0.6) is 5.75 Å². The first kappa shape index (κ1) is 41.5. The molecule has 4 aromatic heterocycles. The lowest BCUT2D eigenvalue weighted by molar-refractivity contribution is -0.178. The molecule has 2 fully saturated rings. The number of aryl methyl sites for hydroxylation is 1. The third-order valence-corrected chi connectivity index (χ3v) is 19.2. The maximum atomic E-state index is 13.4. The number of pyridine rings is 1. The second-order valence-corrected chi connectivity index (χ2v) is 24.6. The lowest BCUT2D eigenvalue weighted by Gasteiger charge is -2.45. The minimum absolute atomic E-state index is 0.0106. The summed E-state index contributed by atoms with van der Waals surface area (Å²) < 4.78 is 14.9. The van der Waals surface area contributed by atoms with Gasteiger partial charge in [-0.2, -0.15) is 0 Å². The number of H-pyrrole nitrogens is 1. The van der Waals surface area contributed by atoms with Crippen molar-refractivity contribution in [2.45, 2.75) is 95.5 Å². The van der Waals surface area contributed by atoms with Crippen molar-refractivity contribution in [3.8, 4) is 5.75 Å². The number of rotatable bonds is 15. The van der Waals surface area contributed by atoms with Crippen LogP contribution >= 0.6 is 22.7 Å². The zero-order valence-corrected chi connectivity index (χ0v) is 37.0. The summed E-state index contributed by atoms with van der Waals surface area (Å²) in [5.74, 6) is -0.549. The number of nitrogens with zero attached hydrogens (tertiary/aromatic N) is 4. The predicted octanol–water partition coefficient (Wildman–Crippen LogP) is 7.68. The average molecular weight is 855 g/mol. The van der Waals surface area contributed by atoms with Crippen LogP contribution in [-0.4, -0.2) is 81.7 Å². The number of benzene rings is 2. The van der Waals surface area contributed by atoms with Gasteiger partial charge in [-0.1, -0.05) is 50.3 Å². The van der Waals surface area contributed by atoms with E-state index in [0.717, 1.165) is 79.4 Å². The minimum atomic E-state index is -2.20. The number of esters is 1. The number of carbonyl (C=O) groups is 1. The number of fused-ring (bicyclic) bond motifs is 2. The number of hydrogen-bond donors (Lipinski definition) is 4. The summed E-state index contributed by atoms with van der Waals surface area (Å²) in [6.45, 7) is 16.0. The van der Waals surface area contributed by atoms with Gasteiger partial charge in [-0.05, 0) is 121 Å². The SMILES string of the molecule is CC(C)(C)[Si](C)(C)O[C@@H](CNCc1ccc2c(c1)nnn2CCCN1CCC2(CC(OC(=O)C(O)(c3cccs3)c3cccs3)C2)C1)c1ccc(O)c2[nH]c(=O)ccc12. The second kappa shape index (κ2) is 16.3. The highest BCUT2D eigenvalue weighted by molar-refractivity contribution is 7.12. The minimum Gasteiger partial charge on any atom is -0.506 e. The van der Waals surface area contributed by atoms with Gasteiger partial charge in [0.2, 0.25) is 11.2 Å². The Bertz CT molecular complexity index is 2440. The molecule has 1 saturated carbocycles. The smallest absolute Gasteiger partial charge is 0.349 e. The maximum Gasteiger partial charge on any atom is 0.349 e. The molecule has 2 aromatic carbocycles. The van der Waals surface area contributed by atoms with Crippen molar-refractivity contribution in [2.24, 2.45) is 5.41 Å². The molecule has 2 aliphatic rings. The molecule has 1 spiro atoms. The molecular formula is C44H54N6O6S2Si. The van der Waals surface area contributed by atoms with Crippen molar-refractivity contribution in [2.75, 3.05) is 26.2 Å². The summed E-state index contributed by atoms with van der Waals surface area (Å²) in [5.41, 5.74) is 2.41. The fourth-order valence-electron chi connectivity index (χ4n) is 8.44. The summed E-state index contributed by atoms with van der Waals surface area (Å²) in [6, 6.07) is 20.3. The van der Waals surface area contributed by atoms with Gasteiger partial charge in [0.1, 0.15) is 17.4 Å². The topological polar surface area (TPSA) is 155 Å². The number of phenols is 1. The predicted molar refractivity (Wildman–Crippen MR) is 235 cm³/mol. The molecule has 0 bridgehead atoms. The van der Waals surface area contributed by atoms with Crippen molar-refractivity contribution in [1.82, 2.24) is 30.2 Å². The Morgan fingerprint density at radius 2 is 1.80 bits per heavy atom. The number of thiophene rings is 2. The largest absolute Gasteiger partial charge is 0.506 e. The van der Waals surface area contributed by atoms with Crippen molar-refractivity contribution >= 4 is 58.9 Å². The third kappa shape index (κ3) is 8.43. The molecule has 1 aliphatic carbocycles. The first-order valence-electron chi connectivity index (χ1n) is 20.4. The zero-order valence-electron chi connectivity index (χ0n) is 34.4. The van der Waals surface area contributed by atoms with Gasteiger partial charge in [-0.25, -0.2) is 9.48 Å². The van der Waals surface area contributed by atoms with Crippen LogP contribution in [-0.2, 0) is 32.6 Å². The quantitative estimate of drug-likeness (QED) is 0.0598. The normalized spacial score (nSPS) is 19.5. The van der Waals surface area contributed by atoms with Crippen LogP contribution < -0.4 is 10.9 Å². The Morgan fingerprint density at radius 3 is 2.49 bits per heavy atom.